The van der Waals surface area contributed by atoms with Gasteiger partial charge in [-0.15, -0.1) is 11.6 Å². The number of aliphatic carboxylic acids is 1. The molecule has 48 valence electrons. The molecule has 0 aromatic rings. The Labute approximate surface area is 50.3 Å². The fraction of sp³-hybridized carbons (Fsp3) is 0.667. The molecule has 0 atom stereocenters. The van der Waals surface area contributed by atoms with Crippen LogP contribution in [0, 0.1) is 0 Å². The molecule has 0 spiro atoms. The predicted octanol–water partition coefficient (Wildman–Crippen LogP) is -1.01. The molecule has 0 rings (SSSR count). The van der Waals surface area contributed by atoms with E-state index in [-0.39, 0.29) is 0 Å². The third-order valence-electron chi connectivity index (χ3n) is 0.529. The van der Waals surface area contributed by atoms with Crippen molar-refractivity contribution >= 4 is 17.6 Å². The van der Waals surface area contributed by atoms with Gasteiger partial charge in [0, 0.05) is 0 Å². The van der Waals surface area contributed by atoms with E-state index in [1.165, 1.54) is 0 Å². The SMILES string of the molecule is O=C(O)C(O)(O)CCl. The summed E-state index contributed by atoms with van der Waals surface area (Å²) in [5, 5.41) is 24.3. The van der Waals surface area contributed by atoms with Crippen LogP contribution in [0.15, 0.2) is 0 Å². The van der Waals surface area contributed by atoms with Crippen molar-refractivity contribution in [2.24, 2.45) is 0 Å². The number of hydrogen-bond donors (Lipinski definition) is 3. The third kappa shape index (κ3) is 1.65. The summed E-state index contributed by atoms with van der Waals surface area (Å²) in [5.74, 6) is -5.25. The molecule has 0 aromatic heterocycles. The first-order valence-corrected chi connectivity index (χ1v) is 2.28. The van der Waals surface area contributed by atoms with Gasteiger partial charge in [-0.25, -0.2) is 4.79 Å². The number of alkyl halides is 1. The van der Waals surface area contributed by atoms with Gasteiger partial charge in [0.05, 0.1) is 5.88 Å². The molecule has 0 bridgehead atoms. The van der Waals surface area contributed by atoms with E-state index in [1.807, 2.05) is 0 Å². The quantitative estimate of drug-likeness (QED) is 0.339. The number of carboxylic acid groups (broad SMARTS) is 1. The van der Waals surface area contributed by atoms with Gasteiger partial charge < -0.3 is 15.3 Å². The summed E-state index contributed by atoms with van der Waals surface area (Å²) in [6.07, 6.45) is 0. The second-order valence-corrected chi connectivity index (χ2v) is 1.52. The summed E-state index contributed by atoms with van der Waals surface area (Å²) in [7, 11) is 0. The number of aliphatic hydroxyl groups is 2. The van der Waals surface area contributed by atoms with Crippen molar-refractivity contribution in [3.8, 4) is 0 Å². The van der Waals surface area contributed by atoms with Crippen molar-refractivity contribution in [1.82, 2.24) is 0 Å². The van der Waals surface area contributed by atoms with Gasteiger partial charge in [0.15, 0.2) is 0 Å². The van der Waals surface area contributed by atoms with Crippen molar-refractivity contribution in [3.05, 3.63) is 0 Å². The van der Waals surface area contributed by atoms with Gasteiger partial charge >= 0.3 is 5.97 Å². The zero-order valence-corrected chi connectivity index (χ0v) is 4.59. The van der Waals surface area contributed by atoms with E-state index < -0.39 is 17.6 Å². The maximum atomic E-state index is 9.67. The number of rotatable bonds is 2. The lowest BCUT2D eigenvalue weighted by molar-refractivity contribution is -0.195. The lowest BCUT2D eigenvalue weighted by Crippen LogP contribution is -2.39. The topological polar surface area (TPSA) is 77.8 Å². The average molecular weight is 141 g/mol. The fourth-order valence-electron chi connectivity index (χ4n) is 0.0572. The molecule has 0 heterocycles. The molecule has 0 amide bonds. The standard InChI is InChI=1S/C3H5ClO4/c4-1-3(7,8)2(5)6/h7-8H,1H2,(H,5,6). The van der Waals surface area contributed by atoms with Gasteiger partial charge in [0.2, 0.25) is 0 Å². The second kappa shape index (κ2) is 2.30. The average Bonchev–Trinajstić information content (AvgIpc) is 1.67. The van der Waals surface area contributed by atoms with Gasteiger partial charge in [-0.05, 0) is 0 Å². The highest BCUT2D eigenvalue weighted by molar-refractivity contribution is 6.19. The molecule has 3 N–H and O–H groups in total. The minimum Gasteiger partial charge on any atom is -0.477 e. The van der Waals surface area contributed by atoms with Gasteiger partial charge in [-0.3, -0.25) is 0 Å². The maximum Gasteiger partial charge on any atom is 0.365 e. The molecule has 0 saturated heterocycles. The summed E-state index contributed by atoms with van der Waals surface area (Å²) in [5.41, 5.74) is 0. The van der Waals surface area contributed by atoms with Crippen molar-refractivity contribution in [2.45, 2.75) is 5.79 Å². The van der Waals surface area contributed by atoms with Gasteiger partial charge in [0.25, 0.3) is 5.79 Å². The van der Waals surface area contributed by atoms with Crippen molar-refractivity contribution in [3.63, 3.8) is 0 Å². The normalized spacial score (nSPS) is 11.4. The first-order valence-electron chi connectivity index (χ1n) is 1.75. The molecule has 0 aliphatic carbocycles. The number of halogens is 1. The van der Waals surface area contributed by atoms with Crippen LogP contribution >= 0.6 is 11.6 Å². The van der Waals surface area contributed by atoms with Crippen LogP contribution in [0.2, 0.25) is 0 Å². The molecule has 0 saturated carbocycles. The van der Waals surface area contributed by atoms with Crippen molar-refractivity contribution in [2.75, 3.05) is 5.88 Å². The number of carbonyl (C=O) groups is 1. The van der Waals surface area contributed by atoms with Crippen LogP contribution in [0.5, 0.6) is 0 Å². The molecular weight excluding hydrogens is 135 g/mol. The van der Waals surface area contributed by atoms with Crippen molar-refractivity contribution in [1.29, 1.82) is 0 Å². The molecule has 0 fully saturated rings. The summed E-state index contributed by atoms with van der Waals surface area (Å²) < 4.78 is 0. The van der Waals surface area contributed by atoms with Crippen LogP contribution in [0.3, 0.4) is 0 Å². The van der Waals surface area contributed by atoms with Crippen LogP contribution in [0.1, 0.15) is 0 Å². The molecular formula is C3H5ClO4. The van der Waals surface area contributed by atoms with E-state index in [1.54, 1.807) is 0 Å². The van der Waals surface area contributed by atoms with Gasteiger partial charge in [-0.2, -0.15) is 0 Å². The van der Waals surface area contributed by atoms with Crippen LogP contribution in [-0.2, 0) is 4.79 Å². The first kappa shape index (κ1) is 7.68. The van der Waals surface area contributed by atoms with E-state index in [9.17, 15) is 4.79 Å². The van der Waals surface area contributed by atoms with Crippen LogP contribution < -0.4 is 0 Å². The second-order valence-electron chi connectivity index (χ2n) is 1.26. The zero-order valence-electron chi connectivity index (χ0n) is 3.83. The minimum atomic E-state index is -2.78. The number of hydrogen-bond acceptors (Lipinski definition) is 3. The zero-order chi connectivity index (χ0) is 6.78. The molecule has 8 heavy (non-hydrogen) atoms. The largest absolute Gasteiger partial charge is 0.477 e. The Hall–Kier alpha value is -0.320. The molecule has 0 radical (unpaired) electrons. The van der Waals surface area contributed by atoms with Gasteiger partial charge in [0.1, 0.15) is 0 Å². The number of carboxylic acids is 1. The first-order chi connectivity index (χ1) is 3.50. The Morgan fingerprint density at radius 3 is 2.00 bits per heavy atom. The maximum absolute atomic E-state index is 9.67. The Balaban J connectivity index is 3.91. The minimum absolute atomic E-state index is 0.734. The van der Waals surface area contributed by atoms with E-state index in [0.717, 1.165) is 0 Å². The Bertz CT molecular complexity index is 99.5. The summed E-state index contributed by atoms with van der Waals surface area (Å²) in [6.45, 7) is 0. The third-order valence-corrected chi connectivity index (χ3v) is 0.902. The summed E-state index contributed by atoms with van der Waals surface area (Å²) >= 11 is 4.81. The highest BCUT2D eigenvalue weighted by Crippen LogP contribution is 2.00. The van der Waals surface area contributed by atoms with E-state index in [4.69, 9.17) is 26.9 Å². The van der Waals surface area contributed by atoms with Crippen molar-refractivity contribution < 1.29 is 20.1 Å². The highest BCUT2D eigenvalue weighted by Gasteiger charge is 2.31. The van der Waals surface area contributed by atoms with E-state index in [0.29, 0.717) is 0 Å². The predicted molar refractivity (Wildman–Crippen MR) is 25.5 cm³/mol. The Morgan fingerprint density at radius 2 is 2.00 bits per heavy atom. The Morgan fingerprint density at radius 1 is 1.62 bits per heavy atom. The molecule has 4 nitrogen and oxygen atoms in total. The van der Waals surface area contributed by atoms with E-state index >= 15 is 0 Å². The van der Waals surface area contributed by atoms with Crippen LogP contribution in [0.25, 0.3) is 0 Å². The van der Waals surface area contributed by atoms with Crippen LogP contribution in [-0.4, -0.2) is 33.0 Å². The summed E-state index contributed by atoms with van der Waals surface area (Å²) in [4.78, 5) is 9.67. The summed E-state index contributed by atoms with van der Waals surface area (Å²) in [6, 6.07) is 0. The smallest absolute Gasteiger partial charge is 0.365 e. The highest BCUT2D eigenvalue weighted by atomic mass is 35.5. The van der Waals surface area contributed by atoms with Gasteiger partial charge in [-0.1, -0.05) is 0 Å². The molecule has 0 unspecified atom stereocenters. The lowest BCUT2D eigenvalue weighted by atomic mass is 10.3. The monoisotopic (exact) mass is 140 g/mol. The molecule has 0 aliphatic heterocycles. The van der Waals surface area contributed by atoms with Crippen LogP contribution in [0.4, 0.5) is 0 Å². The van der Waals surface area contributed by atoms with E-state index in [2.05, 4.69) is 0 Å². The lowest BCUT2D eigenvalue weighted by Gasteiger charge is -2.10. The molecule has 5 heteroatoms. The molecule has 0 aliphatic rings. The fourth-order valence-corrected chi connectivity index (χ4v) is 0.171. The Kier molecular flexibility index (Phi) is 2.21. The molecule has 0 aromatic carbocycles.